The van der Waals surface area contributed by atoms with Gasteiger partial charge in [0.25, 0.3) is 0 Å². The molecule has 0 aliphatic heterocycles. The van der Waals surface area contributed by atoms with E-state index in [1.165, 1.54) is 16.8 Å². The molecule has 0 fully saturated rings. The Morgan fingerprint density at radius 2 is 2.08 bits per heavy atom. The lowest BCUT2D eigenvalue weighted by Gasteiger charge is -2.22. The number of guanidine groups is 1. The van der Waals surface area contributed by atoms with Crippen LogP contribution in [0.4, 0.5) is 0 Å². The van der Waals surface area contributed by atoms with E-state index in [4.69, 9.17) is 4.74 Å². The number of ether oxygens (including phenoxy) is 1. The van der Waals surface area contributed by atoms with Crippen molar-refractivity contribution in [1.82, 2.24) is 14.8 Å². The molecule has 2 rings (SSSR count). The highest BCUT2D eigenvalue weighted by Crippen LogP contribution is 2.19. The van der Waals surface area contributed by atoms with Crippen molar-refractivity contribution >= 4 is 29.9 Å². The summed E-state index contributed by atoms with van der Waals surface area (Å²) < 4.78 is 7.57. The molecule has 0 bridgehead atoms. The number of hydrogen-bond donors (Lipinski definition) is 1. The van der Waals surface area contributed by atoms with Gasteiger partial charge in [-0.3, -0.25) is 4.99 Å². The van der Waals surface area contributed by atoms with E-state index in [9.17, 15) is 0 Å². The van der Waals surface area contributed by atoms with E-state index in [0.29, 0.717) is 0 Å². The van der Waals surface area contributed by atoms with Gasteiger partial charge < -0.3 is 19.5 Å². The summed E-state index contributed by atoms with van der Waals surface area (Å²) in [5.41, 5.74) is 3.71. The normalized spacial score (nSPS) is 11.0. The third kappa shape index (κ3) is 5.95. The molecule has 0 saturated heterocycles. The third-order valence-corrected chi connectivity index (χ3v) is 4.14. The van der Waals surface area contributed by atoms with E-state index in [2.05, 4.69) is 71.3 Å². The average molecular weight is 456 g/mol. The molecule has 138 valence electrons. The van der Waals surface area contributed by atoms with Crippen LogP contribution in [0.1, 0.15) is 16.8 Å². The summed E-state index contributed by atoms with van der Waals surface area (Å²) in [6, 6.07) is 10.5. The fraction of sp³-hybridized carbons (Fsp3) is 0.421. The molecule has 5 nitrogen and oxygen atoms in total. The molecule has 0 saturated carbocycles. The van der Waals surface area contributed by atoms with Gasteiger partial charge in [0.05, 0.1) is 13.7 Å². The Bertz CT molecular complexity index is 696. The van der Waals surface area contributed by atoms with Gasteiger partial charge in [0, 0.05) is 39.6 Å². The standard InChI is InChI=1S/C19H28N4O.HI/c1-15-8-9-18(24-5)16(13-15)10-11-21-19(20-2)23(4)14-17-7-6-12-22(17)3;/h6-9,12-13H,10-11,14H2,1-5H3,(H,20,21);1H. The topological polar surface area (TPSA) is 41.8 Å². The number of aromatic nitrogens is 1. The van der Waals surface area contributed by atoms with Crippen molar-refractivity contribution in [3.8, 4) is 5.75 Å². The predicted molar refractivity (Wildman–Crippen MR) is 115 cm³/mol. The molecular weight excluding hydrogens is 427 g/mol. The summed E-state index contributed by atoms with van der Waals surface area (Å²) in [5.74, 6) is 1.83. The van der Waals surface area contributed by atoms with Crippen molar-refractivity contribution in [2.75, 3.05) is 27.7 Å². The van der Waals surface area contributed by atoms with Crippen molar-refractivity contribution < 1.29 is 4.74 Å². The quantitative estimate of drug-likeness (QED) is 0.413. The highest BCUT2D eigenvalue weighted by Gasteiger charge is 2.09. The van der Waals surface area contributed by atoms with Gasteiger partial charge in [-0.2, -0.15) is 0 Å². The number of aryl methyl sites for hydroxylation is 2. The molecule has 0 unspecified atom stereocenters. The summed E-state index contributed by atoms with van der Waals surface area (Å²) in [5, 5.41) is 3.43. The number of hydrogen-bond acceptors (Lipinski definition) is 2. The molecule has 6 heteroatoms. The number of aliphatic imine (C=N–C) groups is 1. The van der Waals surface area contributed by atoms with Gasteiger partial charge in [-0.15, -0.1) is 24.0 Å². The molecule has 0 radical (unpaired) electrons. The number of nitrogens with one attached hydrogen (secondary N) is 1. The van der Waals surface area contributed by atoms with Gasteiger partial charge in [-0.1, -0.05) is 17.7 Å². The van der Waals surface area contributed by atoms with Crippen LogP contribution in [0.15, 0.2) is 41.5 Å². The molecule has 0 aliphatic rings. The van der Waals surface area contributed by atoms with Crippen LogP contribution in [0, 0.1) is 6.92 Å². The van der Waals surface area contributed by atoms with E-state index < -0.39 is 0 Å². The summed E-state index contributed by atoms with van der Waals surface area (Å²) >= 11 is 0. The Morgan fingerprint density at radius 1 is 1.32 bits per heavy atom. The minimum absolute atomic E-state index is 0. The van der Waals surface area contributed by atoms with Crippen LogP contribution in [0.25, 0.3) is 0 Å². The van der Waals surface area contributed by atoms with Crippen LogP contribution < -0.4 is 10.1 Å². The third-order valence-electron chi connectivity index (χ3n) is 4.14. The molecule has 1 aromatic heterocycles. The molecule has 0 atom stereocenters. The molecule has 1 heterocycles. The summed E-state index contributed by atoms with van der Waals surface area (Å²) in [6.07, 6.45) is 2.95. The van der Waals surface area contributed by atoms with E-state index in [1.54, 1.807) is 7.11 Å². The lowest BCUT2D eigenvalue weighted by Crippen LogP contribution is -2.39. The Labute approximate surface area is 168 Å². The van der Waals surface area contributed by atoms with Crippen LogP contribution in [-0.4, -0.2) is 43.2 Å². The van der Waals surface area contributed by atoms with Gasteiger partial charge in [0.1, 0.15) is 5.75 Å². The van der Waals surface area contributed by atoms with E-state index in [1.807, 2.05) is 13.1 Å². The van der Waals surface area contributed by atoms with Gasteiger partial charge in [-0.25, -0.2) is 0 Å². The lowest BCUT2D eigenvalue weighted by molar-refractivity contribution is 0.409. The minimum Gasteiger partial charge on any atom is -0.496 e. The second-order valence-electron chi connectivity index (χ2n) is 6.01. The number of nitrogens with zero attached hydrogens (tertiary/aromatic N) is 3. The molecule has 0 aliphatic carbocycles. The SMILES string of the molecule is CN=C(NCCc1cc(C)ccc1OC)N(C)Cc1cccn1C.I. The van der Waals surface area contributed by atoms with Crippen molar-refractivity contribution in [3.05, 3.63) is 53.3 Å². The zero-order valence-electron chi connectivity index (χ0n) is 15.7. The molecule has 0 amide bonds. The number of rotatable bonds is 6. The van der Waals surface area contributed by atoms with Gasteiger partial charge in [0.15, 0.2) is 5.96 Å². The van der Waals surface area contributed by atoms with Crippen LogP contribution in [0.5, 0.6) is 5.75 Å². The van der Waals surface area contributed by atoms with Crippen LogP contribution in [0.2, 0.25) is 0 Å². The maximum Gasteiger partial charge on any atom is 0.193 e. The summed E-state index contributed by atoms with van der Waals surface area (Å²) in [6.45, 7) is 3.73. The molecule has 0 spiro atoms. The molecule has 1 N–H and O–H groups in total. The smallest absolute Gasteiger partial charge is 0.193 e. The van der Waals surface area contributed by atoms with Crippen LogP contribution in [0.3, 0.4) is 0 Å². The van der Waals surface area contributed by atoms with Crippen LogP contribution in [-0.2, 0) is 20.0 Å². The van der Waals surface area contributed by atoms with Crippen molar-refractivity contribution in [3.63, 3.8) is 0 Å². The number of halogens is 1. The molecule has 1 aromatic carbocycles. The highest BCUT2D eigenvalue weighted by atomic mass is 127. The number of methoxy groups -OCH3 is 1. The highest BCUT2D eigenvalue weighted by molar-refractivity contribution is 14.0. The molecule has 25 heavy (non-hydrogen) atoms. The van der Waals surface area contributed by atoms with Crippen molar-refractivity contribution in [2.45, 2.75) is 19.9 Å². The number of benzene rings is 1. The predicted octanol–water partition coefficient (Wildman–Crippen LogP) is 3.21. The maximum absolute atomic E-state index is 5.44. The second kappa shape index (κ2) is 10.3. The monoisotopic (exact) mass is 456 g/mol. The average Bonchev–Trinajstić information content (AvgIpc) is 2.96. The second-order valence-corrected chi connectivity index (χ2v) is 6.01. The Hall–Kier alpha value is -1.70. The van der Waals surface area contributed by atoms with E-state index >= 15 is 0 Å². The van der Waals surface area contributed by atoms with E-state index in [-0.39, 0.29) is 24.0 Å². The first-order valence-corrected chi connectivity index (χ1v) is 8.20. The largest absolute Gasteiger partial charge is 0.496 e. The van der Waals surface area contributed by atoms with Gasteiger partial charge in [-0.05, 0) is 37.1 Å². The first-order valence-electron chi connectivity index (χ1n) is 8.20. The zero-order chi connectivity index (χ0) is 17.5. The van der Waals surface area contributed by atoms with Crippen molar-refractivity contribution in [2.24, 2.45) is 12.0 Å². The molecular formula is C19H29IN4O. The van der Waals surface area contributed by atoms with Gasteiger partial charge in [0.2, 0.25) is 0 Å². The minimum atomic E-state index is 0. The van der Waals surface area contributed by atoms with Crippen molar-refractivity contribution in [1.29, 1.82) is 0 Å². The van der Waals surface area contributed by atoms with E-state index in [0.717, 1.165) is 31.2 Å². The maximum atomic E-state index is 5.44. The Morgan fingerprint density at radius 3 is 2.68 bits per heavy atom. The Kier molecular flexibility index (Phi) is 8.82. The fourth-order valence-electron chi connectivity index (χ4n) is 2.78. The first kappa shape index (κ1) is 21.3. The summed E-state index contributed by atoms with van der Waals surface area (Å²) in [4.78, 5) is 6.51. The fourth-order valence-corrected chi connectivity index (χ4v) is 2.78. The first-order chi connectivity index (χ1) is 11.5. The molecule has 2 aromatic rings. The Balaban J connectivity index is 0.00000312. The summed E-state index contributed by atoms with van der Waals surface area (Å²) in [7, 11) is 7.64. The zero-order valence-corrected chi connectivity index (χ0v) is 18.1. The van der Waals surface area contributed by atoms with Gasteiger partial charge >= 0.3 is 0 Å². The lowest BCUT2D eigenvalue weighted by atomic mass is 10.1. The van der Waals surface area contributed by atoms with Crippen LogP contribution >= 0.6 is 24.0 Å².